The van der Waals surface area contributed by atoms with Crippen LogP contribution in [0.2, 0.25) is 5.02 Å². The number of hydrogen-bond acceptors (Lipinski definition) is 3. The fourth-order valence-corrected chi connectivity index (χ4v) is 2.47. The fraction of sp³-hybridized carbons (Fsp3) is 0.235. The summed E-state index contributed by atoms with van der Waals surface area (Å²) >= 11 is 5.89. The van der Waals surface area contributed by atoms with Gasteiger partial charge in [0.1, 0.15) is 0 Å². The van der Waals surface area contributed by atoms with Crippen LogP contribution in [-0.2, 0) is 13.0 Å². The second-order valence-corrected chi connectivity index (χ2v) is 5.40. The molecule has 0 aliphatic heterocycles. The van der Waals surface area contributed by atoms with Gasteiger partial charge in [0.25, 0.3) is 0 Å². The SMILES string of the molecule is CCc1nn(CC)c2nc(/C=C/c3ccc(Cl)cc3)ncc12. The van der Waals surface area contributed by atoms with E-state index in [0.29, 0.717) is 5.82 Å². The number of fused-ring (bicyclic) bond motifs is 1. The molecule has 5 heteroatoms. The molecule has 0 aliphatic carbocycles. The van der Waals surface area contributed by atoms with Gasteiger partial charge >= 0.3 is 0 Å². The standard InChI is InChI=1S/C17H17ClN4/c1-3-15-14-11-19-16(20-17(14)22(4-2)21-15)10-7-12-5-8-13(18)9-6-12/h5-11H,3-4H2,1-2H3/b10-7+. The molecule has 3 aromatic rings. The van der Waals surface area contributed by atoms with Gasteiger partial charge in [-0.05, 0) is 37.1 Å². The van der Waals surface area contributed by atoms with E-state index >= 15 is 0 Å². The summed E-state index contributed by atoms with van der Waals surface area (Å²) in [5, 5.41) is 6.34. The van der Waals surface area contributed by atoms with E-state index in [9.17, 15) is 0 Å². The third-order valence-corrected chi connectivity index (χ3v) is 3.77. The second kappa shape index (κ2) is 6.28. The Bertz CT molecular complexity index is 819. The molecule has 1 aromatic carbocycles. The van der Waals surface area contributed by atoms with Crippen molar-refractivity contribution in [3.8, 4) is 0 Å². The summed E-state index contributed by atoms with van der Waals surface area (Å²) in [5.41, 5.74) is 3.00. The smallest absolute Gasteiger partial charge is 0.162 e. The number of benzene rings is 1. The predicted octanol–water partition coefficient (Wildman–Crippen LogP) is 4.23. The Kier molecular flexibility index (Phi) is 4.20. The molecule has 0 radical (unpaired) electrons. The lowest BCUT2D eigenvalue weighted by atomic mass is 10.2. The fourth-order valence-electron chi connectivity index (χ4n) is 2.34. The van der Waals surface area contributed by atoms with Gasteiger partial charge < -0.3 is 0 Å². The summed E-state index contributed by atoms with van der Waals surface area (Å²) in [6.45, 7) is 4.96. The molecule has 3 rings (SSSR count). The van der Waals surface area contributed by atoms with Crippen LogP contribution in [0.4, 0.5) is 0 Å². The van der Waals surface area contributed by atoms with Gasteiger partial charge in [-0.15, -0.1) is 0 Å². The molecule has 112 valence electrons. The van der Waals surface area contributed by atoms with E-state index in [1.54, 1.807) is 0 Å². The zero-order chi connectivity index (χ0) is 15.5. The molecule has 2 heterocycles. The Labute approximate surface area is 134 Å². The van der Waals surface area contributed by atoms with Crippen LogP contribution in [0, 0.1) is 0 Å². The quantitative estimate of drug-likeness (QED) is 0.724. The Morgan fingerprint density at radius 1 is 1.14 bits per heavy atom. The van der Waals surface area contributed by atoms with Crippen molar-refractivity contribution in [1.82, 2.24) is 19.7 Å². The summed E-state index contributed by atoms with van der Waals surface area (Å²) in [6, 6.07) is 7.65. The topological polar surface area (TPSA) is 43.6 Å². The summed E-state index contributed by atoms with van der Waals surface area (Å²) in [4.78, 5) is 9.04. The van der Waals surface area contributed by atoms with Crippen LogP contribution >= 0.6 is 11.6 Å². The maximum atomic E-state index is 5.89. The van der Waals surface area contributed by atoms with Crippen LogP contribution in [-0.4, -0.2) is 19.7 Å². The maximum absolute atomic E-state index is 5.89. The summed E-state index contributed by atoms with van der Waals surface area (Å²) in [6.07, 6.45) is 6.63. The molecule has 0 unspecified atom stereocenters. The molecular weight excluding hydrogens is 296 g/mol. The first-order valence-electron chi connectivity index (χ1n) is 7.37. The lowest BCUT2D eigenvalue weighted by Gasteiger charge is -1.98. The molecule has 22 heavy (non-hydrogen) atoms. The van der Waals surface area contributed by atoms with Gasteiger partial charge in [-0.3, -0.25) is 0 Å². The van der Waals surface area contributed by atoms with E-state index in [1.807, 2.05) is 47.3 Å². The first kappa shape index (κ1) is 14.7. The minimum Gasteiger partial charge on any atom is -0.247 e. The number of aromatic nitrogens is 4. The van der Waals surface area contributed by atoms with Gasteiger partial charge in [0.2, 0.25) is 0 Å². The van der Waals surface area contributed by atoms with Gasteiger partial charge in [-0.1, -0.05) is 36.7 Å². The van der Waals surface area contributed by atoms with E-state index in [4.69, 9.17) is 11.6 Å². The molecule has 0 N–H and O–H groups in total. The molecule has 0 spiro atoms. The van der Waals surface area contributed by atoms with E-state index in [2.05, 4.69) is 28.9 Å². The van der Waals surface area contributed by atoms with Crippen LogP contribution in [0.1, 0.15) is 30.9 Å². The van der Waals surface area contributed by atoms with Crippen molar-refractivity contribution in [2.24, 2.45) is 0 Å². The minimum atomic E-state index is 0.680. The van der Waals surface area contributed by atoms with E-state index in [0.717, 1.165) is 40.3 Å². The van der Waals surface area contributed by atoms with Crippen LogP contribution in [0.15, 0.2) is 30.5 Å². The molecule has 0 aliphatic rings. The maximum Gasteiger partial charge on any atom is 0.162 e. The van der Waals surface area contributed by atoms with Crippen molar-refractivity contribution < 1.29 is 0 Å². The summed E-state index contributed by atoms with van der Waals surface area (Å²) in [5.74, 6) is 0.680. The van der Waals surface area contributed by atoms with Crippen molar-refractivity contribution in [1.29, 1.82) is 0 Å². The van der Waals surface area contributed by atoms with Crippen molar-refractivity contribution in [2.45, 2.75) is 26.8 Å². The molecule has 0 amide bonds. The Morgan fingerprint density at radius 2 is 1.91 bits per heavy atom. The highest BCUT2D eigenvalue weighted by Gasteiger charge is 2.10. The van der Waals surface area contributed by atoms with Gasteiger partial charge in [0.05, 0.1) is 11.1 Å². The normalized spacial score (nSPS) is 11.6. The van der Waals surface area contributed by atoms with Crippen LogP contribution < -0.4 is 0 Å². The van der Waals surface area contributed by atoms with Crippen molar-refractivity contribution in [3.05, 3.63) is 52.6 Å². The molecule has 0 saturated heterocycles. The molecule has 0 fully saturated rings. The number of nitrogens with zero attached hydrogens (tertiary/aromatic N) is 4. The minimum absolute atomic E-state index is 0.680. The third kappa shape index (κ3) is 2.88. The molecule has 0 saturated carbocycles. The monoisotopic (exact) mass is 312 g/mol. The Morgan fingerprint density at radius 3 is 2.59 bits per heavy atom. The lowest BCUT2D eigenvalue weighted by Crippen LogP contribution is -1.99. The van der Waals surface area contributed by atoms with E-state index in [-0.39, 0.29) is 0 Å². The van der Waals surface area contributed by atoms with Gasteiger partial charge in [-0.25, -0.2) is 14.6 Å². The third-order valence-electron chi connectivity index (χ3n) is 3.51. The number of hydrogen-bond donors (Lipinski definition) is 0. The first-order chi connectivity index (χ1) is 10.7. The predicted molar refractivity (Wildman–Crippen MR) is 90.8 cm³/mol. The Hall–Kier alpha value is -2.20. The highest BCUT2D eigenvalue weighted by molar-refractivity contribution is 6.30. The summed E-state index contributed by atoms with van der Waals surface area (Å²) < 4.78 is 1.93. The van der Waals surface area contributed by atoms with Crippen LogP contribution in [0.3, 0.4) is 0 Å². The van der Waals surface area contributed by atoms with Gasteiger partial charge in [0.15, 0.2) is 11.5 Å². The number of rotatable bonds is 4. The van der Waals surface area contributed by atoms with Crippen molar-refractivity contribution in [3.63, 3.8) is 0 Å². The lowest BCUT2D eigenvalue weighted by molar-refractivity contribution is 0.663. The van der Waals surface area contributed by atoms with E-state index < -0.39 is 0 Å². The average molecular weight is 313 g/mol. The van der Waals surface area contributed by atoms with Crippen LogP contribution in [0.5, 0.6) is 0 Å². The molecule has 2 aromatic heterocycles. The number of aryl methyl sites for hydroxylation is 2. The summed E-state index contributed by atoms with van der Waals surface area (Å²) in [7, 11) is 0. The van der Waals surface area contributed by atoms with Crippen molar-refractivity contribution in [2.75, 3.05) is 0 Å². The Balaban J connectivity index is 1.96. The van der Waals surface area contributed by atoms with E-state index in [1.165, 1.54) is 0 Å². The molecule has 0 atom stereocenters. The molecule has 4 nitrogen and oxygen atoms in total. The highest BCUT2D eigenvalue weighted by Crippen LogP contribution is 2.17. The average Bonchev–Trinajstić information content (AvgIpc) is 2.91. The first-order valence-corrected chi connectivity index (χ1v) is 7.75. The molecule has 0 bridgehead atoms. The zero-order valence-electron chi connectivity index (χ0n) is 12.6. The molecular formula is C17H17ClN4. The number of halogens is 1. The van der Waals surface area contributed by atoms with Crippen molar-refractivity contribution >= 4 is 34.8 Å². The van der Waals surface area contributed by atoms with Gasteiger partial charge in [-0.2, -0.15) is 5.10 Å². The van der Waals surface area contributed by atoms with Gasteiger partial charge in [0, 0.05) is 17.8 Å². The highest BCUT2D eigenvalue weighted by atomic mass is 35.5. The largest absolute Gasteiger partial charge is 0.247 e. The second-order valence-electron chi connectivity index (χ2n) is 4.97. The van der Waals surface area contributed by atoms with Crippen LogP contribution in [0.25, 0.3) is 23.2 Å². The zero-order valence-corrected chi connectivity index (χ0v) is 13.4.